The van der Waals surface area contributed by atoms with E-state index < -0.39 is 0 Å². The number of anilines is 1. The molecule has 96 valence electrons. The molecule has 0 aliphatic carbocycles. The van der Waals surface area contributed by atoms with E-state index in [9.17, 15) is 0 Å². The molecular weight excluding hydrogens is 218 g/mol. The first-order chi connectivity index (χ1) is 8.29. The highest BCUT2D eigenvalue weighted by molar-refractivity contribution is 5.47. The van der Waals surface area contributed by atoms with Crippen LogP contribution in [0.3, 0.4) is 0 Å². The SMILES string of the molecule is CCCCOCCNc1ncnc(OC)c1C. The summed E-state index contributed by atoms with van der Waals surface area (Å²) in [6.07, 6.45) is 3.77. The Balaban J connectivity index is 2.31. The fourth-order valence-electron chi connectivity index (χ4n) is 1.41. The summed E-state index contributed by atoms with van der Waals surface area (Å²) in [5, 5.41) is 3.21. The molecule has 0 fully saturated rings. The maximum atomic E-state index is 5.46. The van der Waals surface area contributed by atoms with E-state index in [0.717, 1.165) is 37.4 Å². The van der Waals surface area contributed by atoms with Crippen molar-refractivity contribution in [2.45, 2.75) is 26.7 Å². The Hall–Kier alpha value is -1.36. The third-order valence-electron chi connectivity index (χ3n) is 2.41. The molecule has 1 aromatic heterocycles. The smallest absolute Gasteiger partial charge is 0.221 e. The molecule has 0 aromatic carbocycles. The molecule has 1 aromatic rings. The third kappa shape index (κ3) is 4.56. The summed E-state index contributed by atoms with van der Waals surface area (Å²) >= 11 is 0. The van der Waals surface area contributed by atoms with Gasteiger partial charge in [0.05, 0.1) is 19.3 Å². The topological polar surface area (TPSA) is 56.3 Å². The summed E-state index contributed by atoms with van der Waals surface area (Å²) < 4.78 is 10.6. The van der Waals surface area contributed by atoms with Crippen LogP contribution in [0.25, 0.3) is 0 Å². The van der Waals surface area contributed by atoms with E-state index in [4.69, 9.17) is 9.47 Å². The van der Waals surface area contributed by atoms with Crippen molar-refractivity contribution in [3.05, 3.63) is 11.9 Å². The van der Waals surface area contributed by atoms with Gasteiger partial charge in [-0.25, -0.2) is 9.97 Å². The van der Waals surface area contributed by atoms with Crippen LogP contribution in [0, 0.1) is 6.92 Å². The zero-order valence-electron chi connectivity index (χ0n) is 10.8. The molecule has 0 atom stereocenters. The number of unbranched alkanes of at least 4 members (excludes halogenated alkanes) is 1. The van der Waals surface area contributed by atoms with Gasteiger partial charge in [-0.1, -0.05) is 13.3 Å². The molecule has 0 saturated heterocycles. The first kappa shape index (κ1) is 13.7. The molecule has 0 aliphatic heterocycles. The predicted octanol–water partition coefficient (Wildman–Crippen LogP) is 2.02. The maximum absolute atomic E-state index is 5.46. The van der Waals surface area contributed by atoms with Crippen LogP contribution in [0.15, 0.2) is 6.33 Å². The van der Waals surface area contributed by atoms with Gasteiger partial charge >= 0.3 is 0 Å². The van der Waals surface area contributed by atoms with Crippen molar-refractivity contribution in [1.82, 2.24) is 9.97 Å². The van der Waals surface area contributed by atoms with Crippen molar-refractivity contribution in [1.29, 1.82) is 0 Å². The first-order valence-corrected chi connectivity index (χ1v) is 5.96. The molecular formula is C12H21N3O2. The van der Waals surface area contributed by atoms with Crippen LogP contribution in [-0.4, -0.2) is 36.8 Å². The van der Waals surface area contributed by atoms with Crippen LogP contribution in [0.1, 0.15) is 25.3 Å². The minimum atomic E-state index is 0.606. The van der Waals surface area contributed by atoms with Gasteiger partial charge in [-0.05, 0) is 13.3 Å². The molecule has 0 radical (unpaired) electrons. The van der Waals surface area contributed by atoms with Crippen molar-refractivity contribution in [3.8, 4) is 5.88 Å². The van der Waals surface area contributed by atoms with Gasteiger partial charge in [0.1, 0.15) is 12.1 Å². The van der Waals surface area contributed by atoms with Crippen molar-refractivity contribution >= 4 is 5.82 Å². The molecule has 1 rings (SSSR count). The van der Waals surface area contributed by atoms with Gasteiger partial charge < -0.3 is 14.8 Å². The van der Waals surface area contributed by atoms with E-state index in [2.05, 4.69) is 22.2 Å². The normalized spacial score (nSPS) is 10.3. The highest BCUT2D eigenvalue weighted by Crippen LogP contribution is 2.19. The van der Waals surface area contributed by atoms with Crippen LogP contribution >= 0.6 is 0 Å². The highest BCUT2D eigenvalue weighted by atomic mass is 16.5. The Kier molecular flexibility index (Phi) is 6.32. The lowest BCUT2D eigenvalue weighted by Crippen LogP contribution is -2.12. The Bertz CT molecular complexity index is 332. The number of aromatic nitrogens is 2. The lowest BCUT2D eigenvalue weighted by molar-refractivity contribution is 0.141. The highest BCUT2D eigenvalue weighted by Gasteiger charge is 2.05. The minimum Gasteiger partial charge on any atom is -0.481 e. The Morgan fingerprint density at radius 1 is 1.29 bits per heavy atom. The third-order valence-corrected chi connectivity index (χ3v) is 2.41. The summed E-state index contributed by atoms with van der Waals surface area (Å²) in [6, 6.07) is 0. The summed E-state index contributed by atoms with van der Waals surface area (Å²) in [6.45, 7) is 6.33. The predicted molar refractivity (Wildman–Crippen MR) is 67.5 cm³/mol. The van der Waals surface area contributed by atoms with E-state index in [1.54, 1.807) is 7.11 Å². The quantitative estimate of drug-likeness (QED) is 0.703. The molecule has 17 heavy (non-hydrogen) atoms. The van der Waals surface area contributed by atoms with Gasteiger partial charge in [0.15, 0.2) is 0 Å². The van der Waals surface area contributed by atoms with E-state index in [-0.39, 0.29) is 0 Å². The number of methoxy groups -OCH3 is 1. The van der Waals surface area contributed by atoms with Gasteiger partial charge in [-0.3, -0.25) is 0 Å². The zero-order valence-corrected chi connectivity index (χ0v) is 10.8. The molecule has 0 amide bonds. The second kappa shape index (κ2) is 7.84. The summed E-state index contributed by atoms with van der Waals surface area (Å²) in [5.41, 5.74) is 0.920. The molecule has 5 heteroatoms. The van der Waals surface area contributed by atoms with Gasteiger partial charge in [0.2, 0.25) is 5.88 Å². The summed E-state index contributed by atoms with van der Waals surface area (Å²) in [4.78, 5) is 8.18. The molecule has 1 heterocycles. The van der Waals surface area contributed by atoms with E-state index in [1.807, 2.05) is 6.92 Å². The van der Waals surface area contributed by atoms with E-state index in [1.165, 1.54) is 6.33 Å². The van der Waals surface area contributed by atoms with Gasteiger partial charge in [0, 0.05) is 13.2 Å². The van der Waals surface area contributed by atoms with Crippen molar-refractivity contribution in [2.75, 3.05) is 32.2 Å². The van der Waals surface area contributed by atoms with Gasteiger partial charge in [-0.15, -0.1) is 0 Å². The minimum absolute atomic E-state index is 0.606. The van der Waals surface area contributed by atoms with Crippen LogP contribution in [0.5, 0.6) is 5.88 Å². The summed E-state index contributed by atoms with van der Waals surface area (Å²) in [7, 11) is 1.60. The van der Waals surface area contributed by atoms with E-state index >= 15 is 0 Å². The number of rotatable bonds is 8. The lowest BCUT2D eigenvalue weighted by atomic mass is 10.3. The average Bonchev–Trinajstić information content (AvgIpc) is 2.35. The van der Waals surface area contributed by atoms with Crippen molar-refractivity contribution in [2.24, 2.45) is 0 Å². The second-order valence-electron chi connectivity index (χ2n) is 3.75. The molecule has 0 spiro atoms. The Labute approximate surface area is 103 Å². The number of ether oxygens (including phenoxy) is 2. The van der Waals surface area contributed by atoms with Crippen molar-refractivity contribution in [3.63, 3.8) is 0 Å². The molecule has 0 bridgehead atoms. The standard InChI is InChI=1S/C12H21N3O2/c1-4-5-7-17-8-6-13-11-10(2)12(16-3)15-9-14-11/h9H,4-8H2,1-3H3,(H,13,14,15). The maximum Gasteiger partial charge on any atom is 0.221 e. The largest absolute Gasteiger partial charge is 0.481 e. The molecule has 0 unspecified atom stereocenters. The Morgan fingerprint density at radius 3 is 2.82 bits per heavy atom. The zero-order chi connectivity index (χ0) is 12.5. The monoisotopic (exact) mass is 239 g/mol. The summed E-state index contributed by atoms with van der Waals surface area (Å²) in [5.74, 6) is 1.41. The molecule has 0 saturated carbocycles. The number of nitrogens with zero attached hydrogens (tertiary/aromatic N) is 2. The average molecular weight is 239 g/mol. The van der Waals surface area contributed by atoms with E-state index in [0.29, 0.717) is 12.5 Å². The number of nitrogens with one attached hydrogen (secondary N) is 1. The number of hydrogen-bond acceptors (Lipinski definition) is 5. The first-order valence-electron chi connectivity index (χ1n) is 5.96. The fourth-order valence-corrected chi connectivity index (χ4v) is 1.41. The van der Waals surface area contributed by atoms with Crippen LogP contribution in [0.4, 0.5) is 5.82 Å². The second-order valence-corrected chi connectivity index (χ2v) is 3.75. The van der Waals surface area contributed by atoms with Gasteiger partial charge in [0.25, 0.3) is 0 Å². The molecule has 5 nitrogen and oxygen atoms in total. The molecule has 1 N–H and O–H groups in total. The van der Waals surface area contributed by atoms with Crippen LogP contribution < -0.4 is 10.1 Å². The fraction of sp³-hybridized carbons (Fsp3) is 0.667. The number of hydrogen-bond donors (Lipinski definition) is 1. The van der Waals surface area contributed by atoms with Gasteiger partial charge in [-0.2, -0.15) is 0 Å². The van der Waals surface area contributed by atoms with Crippen LogP contribution in [-0.2, 0) is 4.74 Å². The molecule has 0 aliphatic rings. The Morgan fingerprint density at radius 2 is 2.12 bits per heavy atom. The van der Waals surface area contributed by atoms with Crippen LogP contribution in [0.2, 0.25) is 0 Å². The van der Waals surface area contributed by atoms with Crippen molar-refractivity contribution < 1.29 is 9.47 Å². The lowest BCUT2D eigenvalue weighted by Gasteiger charge is -2.10.